The minimum absolute atomic E-state index is 0.312. The number of nitrogens with one attached hydrogen (secondary N) is 2. The highest BCUT2D eigenvalue weighted by Gasteiger charge is 2.11. The predicted octanol–water partition coefficient (Wildman–Crippen LogP) is 4.46. The summed E-state index contributed by atoms with van der Waals surface area (Å²) in [5.41, 5.74) is 1.63. The number of halogens is 2. The molecule has 0 atom stereocenters. The Balaban J connectivity index is 2.14. The molecule has 1 amide bonds. The average Bonchev–Trinajstić information content (AvgIpc) is 2.49. The van der Waals surface area contributed by atoms with Crippen LogP contribution in [0.5, 0.6) is 0 Å². The number of nitrogens with zero attached hydrogens (tertiary/aromatic N) is 1. The average molecular weight is 324 g/mol. The number of carbonyl (C=O) groups is 1. The molecule has 2 aromatic rings. The first-order chi connectivity index (χ1) is 10.1. The summed E-state index contributed by atoms with van der Waals surface area (Å²) in [5, 5.41) is 6.84. The highest BCUT2D eigenvalue weighted by atomic mass is 35.5. The van der Waals surface area contributed by atoms with Crippen molar-refractivity contribution in [1.82, 2.24) is 4.98 Å². The maximum absolute atomic E-state index is 12.2. The number of aromatic nitrogens is 1. The second kappa shape index (κ2) is 7.29. The number of benzene rings is 1. The quantitative estimate of drug-likeness (QED) is 0.853. The second-order valence-electron chi connectivity index (χ2n) is 4.43. The molecule has 1 aromatic heterocycles. The third kappa shape index (κ3) is 4.34. The van der Waals surface area contributed by atoms with E-state index in [0.717, 1.165) is 18.7 Å². The molecule has 0 radical (unpaired) electrons. The van der Waals surface area contributed by atoms with Crippen LogP contribution in [0.25, 0.3) is 0 Å². The summed E-state index contributed by atoms with van der Waals surface area (Å²) >= 11 is 11.9. The Bertz CT molecular complexity index is 647. The van der Waals surface area contributed by atoms with Gasteiger partial charge >= 0.3 is 0 Å². The van der Waals surface area contributed by atoms with Crippen LogP contribution >= 0.6 is 23.2 Å². The number of hydrogen-bond acceptors (Lipinski definition) is 3. The Morgan fingerprint density at radius 2 is 2.05 bits per heavy atom. The number of anilines is 2. The van der Waals surface area contributed by atoms with Crippen LogP contribution in [-0.4, -0.2) is 17.4 Å². The van der Waals surface area contributed by atoms with Crippen LogP contribution in [0.4, 0.5) is 11.4 Å². The molecule has 0 spiro atoms. The van der Waals surface area contributed by atoms with Crippen molar-refractivity contribution in [3.05, 3.63) is 52.3 Å². The van der Waals surface area contributed by atoms with Crippen LogP contribution in [0.3, 0.4) is 0 Å². The van der Waals surface area contributed by atoms with Gasteiger partial charge in [0.2, 0.25) is 0 Å². The van der Waals surface area contributed by atoms with Crippen LogP contribution in [-0.2, 0) is 0 Å². The van der Waals surface area contributed by atoms with Gasteiger partial charge in [-0.05, 0) is 36.8 Å². The largest absolute Gasteiger partial charge is 0.385 e. The lowest BCUT2D eigenvalue weighted by atomic mass is 10.2. The first-order valence-corrected chi connectivity index (χ1v) is 7.32. The SMILES string of the molecule is CCCNc1ccnc(C(=O)Nc2cc(Cl)ccc2Cl)c1. The maximum Gasteiger partial charge on any atom is 0.274 e. The Kier molecular flexibility index (Phi) is 5.42. The Morgan fingerprint density at radius 1 is 1.24 bits per heavy atom. The fourth-order valence-electron chi connectivity index (χ4n) is 1.71. The van der Waals surface area contributed by atoms with Crippen LogP contribution in [0.1, 0.15) is 23.8 Å². The molecule has 110 valence electrons. The van der Waals surface area contributed by atoms with Crippen molar-refractivity contribution in [2.45, 2.75) is 13.3 Å². The standard InChI is InChI=1S/C15H15Cl2N3O/c1-2-6-18-11-5-7-19-14(9-11)15(21)20-13-8-10(16)3-4-12(13)17/h3-5,7-9H,2,6H2,1H3,(H,18,19)(H,20,21). The molecule has 0 aliphatic carbocycles. The van der Waals surface area contributed by atoms with Gasteiger partial charge in [-0.2, -0.15) is 0 Å². The zero-order valence-corrected chi connectivity index (χ0v) is 13.0. The third-order valence-corrected chi connectivity index (χ3v) is 3.31. The molecule has 21 heavy (non-hydrogen) atoms. The minimum Gasteiger partial charge on any atom is -0.385 e. The Labute approximate surface area is 133 Å². The van der Waals surface area contributed by atoms with E-state index in [0.29, 0.717) is 21.4 Å². The van der Waals surface area contributed by atoms with Gasteiger partial charge in [0.05, 0.1) is 10.7 Å². The molecule has 6 heteroatoms. The summed E-state index contributed by atoms with van der Waals surface area (Å²) in [5.74, 6) is -0.334. The first-order valence-electron chi connectivity index (χ1n) is 6.56. The fraction of sp³-hybridized carbons (Fsp3) is 0.200. The number of carbonyl (C=O) groups excluding carboxylic acids is 1. The third-order valence-electron chi connectivity index (χ3n) is 2.75. The van der Waals surface area contributed by atoms with Crippen LogP contribution < -0.4 is 10.6 Å². The topological polar surface area (TPSA) is 54.0 Å². The van der Waals surface area contributed by atoms with Crippen molar-refractivity contribution in [3.63, 3.8) is 0 Å². The lowest BCUT2D eigenvalue weighted by Gasteiger charge is -2.09. The van der Waals surface area contributed by atoms with E-state index < -0.39 is 0 Å². The van der Waals surface area contributed by atoms with E-state index in [2.05, 4.69) is 22.5 Å². The molecule has 0 aliphatic heterocycles. The lowest BCUT2D eigenvalue weighted by Crippen LogP contribution is -2.14. The molecular formula is C15H15Cl2N3O. The van der Waals surface area contributed by atoms with Crippen LogP contribution in [0.15, 0.2) is 36.5 Å². The maximum atomic E-state index is 12.2. The van der Waals surface area contributed by atoms with Gasteiger partial charge in [-0.25, -0.2) is 0 Å². The van der Waals surface area contributed by atoms with E-state index >= 15 is 0 Å². The monoisotopic (exact) mass is 323 g/mol. The molecule has 1 heterocycles. The van der Waals surface area contributed by atoms with Crippen molar-refractivity contribution in [2.75, 3.05) is 17.2 Å². The molecule has 0 saturated carbocycles. The molecule has 1 aromatic carbocycles. The van der Waals surface area contributed by atoms with Gasteiger partial charge in [-0.1, -0.05) is 30.1 Å². The number of amides is 1. The normalized spacial score (nSPS) is 10.2. The van der Waals surface area contributed by atoms with E-state index in [1.165, 1.54) is 0 Å². The van der Waals surface area contributed by atoms with Gasteiger partial charge in [0.1, 0.15) is 5.69 Å². The Morgan fingerprint density at radius 3 is 2.81 bits per heavy atom. The van der Waals surface area contributed by atoms with Gasteiger partial charge in [0, 0.05) is 23.5 Å². The molecule has 0 unspecified atom stereocenters. The summed E-state index contributed by atoms with van der Waals surface area (Å²) in [6.07, 6.45) is 2.59. The van der Waals surface area contributed by atoms with E-state index in [1.54, 1.807) is 30.5 Å². The lowest BCUT2D eigenvalue weighted by molar-refractivity contribution is 0.102. The first kappa shape index (κ1) is 15.6. The second-order valence-corrected chi connectivity index (χ2v) is 5.28. The van der Waals surface area contributed by atoms with E-state index in [9.17, 15) is 4.79 Å². The van der Waals surface area contributed by atoms with E-state index in [1.807, 2.05) is 6.07 Å². The van der Waals surface area contributed by atoms with Gasteiger partial charge in [0.15, 0.2) is 0 Å². The molecule has 4 nitrogen and oxygen atoms in total. The predicted molar refractivity (Wildman–Crippen MR) is 87.4 cm³/mol. The zero-order valence-electron chi connectivity index (χ0n) is 11.5. The summed E-state index contributed by atoms with van der Waals surface area (Å²) < 4.78 is 0. The van der Waals surface area contributed by atoms with E-state index in [-0.39, 0.29) is 5.91 Å². The summed E-state index contributed by atoms with van der Waals surface area (Å²) in [4.78, 5) is 16.3. The molecule has 2 N–H and O–H groups in total. The highest BCUT2D eigenvalue weighted by molar-refractivity contribution is 6.35. The van der Waals surface area contributed by atoms with Gasteiger partial charge in [-0.15, -0.1) is 0 Å². The van der Waals surface area contributed by atoms with Crippen molar-refractivity contribution >= 4 is 40.5 Å². The fourth-order valence-corrected chi connectivity index (χ4v) is 2.05. The number of hydrogen-bond donors (Lipinski definition) is 2. The smallest absolute Gasteiger partial charge is 0.274 e. The summed E-state index contributed by atoms with van der Waals surface area (Å²) in [6, 6.07) is 8.41. The van der Waals surface area contributed by atoms with Crippen molar-refractivity contribution in [2.24, 2.45) is 0 Å². The van der Waals surface area contributed by atoms with Gasteiger partial charge < -0.3 is 10.6 Å². The molecule has 0 bridgehead atoms. The Hall–Kier alpha value is -1.78. The van der Waals surface area contributed by atoms with Crippen molar-refractivity contribution in [3.8, 4) is 0 Å². The van der Waals surface area contributed by atoms with Gasteiger partial charge in [0.25, 0.3) is 5.91 Å². The summed E-state index contributed by atoms with van der Waals surface area (Å²) in [6.45, 7) is 2.91. The molecule has 0 aliphatic rings. The molecule has 2 rings (SSSR count). The highest BCUT2D eigenvalue weighted by Crippen LogP contribution is 2.25. The zero-order chi connectivity index (χ0) is 15.2. The van der Waals surface area contributed by atoms with E-state index in [4.69, 9.17) is 23.2 Å². The number of pyridine rings is 1. The molecule has 0 fully saturated rings. The van der Waals surface area contributed by atoms with Crippen LogP contribution in [0.2, 0.25) is 10.0 Å². The molecule has 0 saturated heterocycles. The number of rotatable bonds is 5. The molecular weight excluding hydrogens is 309 g/mol. The van der Waals surface area contributed by atoms with Crippen molar-refractivity contribution < 1.29 is 4.79 Å². The summed E-state index contributed by atoms with van der Waals surface area (Å²) in [7, 11) is 0. The van der Waals surface area contributed by atoms with Crippen molar-refractivity contribution in [1.29, 1.82) is 0 Å². The van der Waals surface area contributed by atoms with Gasteiger partial charge in [-0.3, -0.25) is 9.78 Å². The minimum atomic E-state index is -0.334. The van der Waals surface area contributed by atoms with Crippen LogP contribution in [0, 0.1) is 0 Å².